The summed E-state index contributed by atoms with van der Waals surface area (Å²) in [6.45, 7) is 0. The molecule has 0 fully saturated rings. The van der Waals surface area contributed by atoms with Crippen LogP contribution in [0, 0.1) is 0 Å². The van der Waals surface area contributed by atoms with Crippen molar-refractivity contribution >= 4 is 29.0 Å². The number of halogens is 1. The molecule has 1 unspecified atom stereocenters. The van der Waals surface area contributed by atoms with Gasteiger partial charge in [0.25, 0.3) is 5.91 Å². The molecule has 0 saturated heterocycles. The number of anilines is 1. The fourth-order valence-electron chi connectivity index (χ4n) is 2.85. The van der Waals surface area contributed by atoms with Crippen molar-refractivity contribution in [3.8, 4) is 11.5 Å². The maximum absolute atomic E-state index is 12.8. The summed E-state index contributed by atoms with van der Waals surface area (Å²) in [4.78, 5) is 25.1. The van der Waals surface area contributed by atoms with E-state index in [1.54, 1.807) is 24.3 Å². The molecule has 1 aliphatic rings. The molecule has 0 bridgehead atoms. The third-order valence-corrected chi connectivity index (χ3v) is 4.41. The first-order valence-corrected chi connectivity index (χ1v) is 7.86. The Morgan fingerprint density at radius 1 is 1.20 bits per heavy atom. The molecule has 0 saturated carbocycles. The minimum Gasteiger partial charge on any atom is -0.497 e. The van der Waals surface area contributed by atoms with Gasteiger partial charge in [0.1, 0.15) is 11.5 Å². The zero-order valence-corrected chi connectivity index (χ0v) is 14.4. The number of Topliss-reactive ketones (excluding diaryl/α,β-unsaturated/α-hetero) is 1. The lowest BCUT2D eigenvalue weighted by molar-refractivity contribution is -0.133. The summed E-state index contributed by atoms with van der Waals surface area (Å²) >= 11 is 5.97. The molecule has 2 N–H and O–H groups in total. The largest absolute Gasteiger partial charge is 0.497 e. The smallest absolute Gasteiger partial charge is 0.261 e. The van der Waals surface area contributed by atoms with Crippen LogP contribution in [-0.4, -0.2) is 31.0 Å². The molecule has 0 aromatic heterocycles. The Morgan fingerprint density at radius 2 is 1.96 bits per heavy atom. The first kappa shape index (κ1) is 17.3. The Kier molecular flexibility index (Phi) is 4.41. The van der Waals surface area contributed by atoms with Crippen molar-refractivity contribution in [2.45, 2.75) is 12.0 Å². The number of ether oxygens (including phenoxy) is 2. The van der Waals surface area contributed by atoms with Gasteiger partial charge in [-0.05, 0) is 36.4 Å². The fourth-order valence-corrected chi connectivity index (χ4v) is 3.02. The summed E-state index contributed by atoms with van der Waals surface area (Å²) in [5.74, 6) is -0.323. The van der Waals surface area contributed by atoms with E-state index < -0.39 is 23.7 Å². The minimum atomic E-state index is -1.99. The van der Waals surface area contributed by atoms with Gasteiger partial charge >= 0.3 is 0 Å². The van der Waals surface area contributed by atoms with Gasteiger partial charge in [-0.25, -0.2) is 0 Å². The van der Waals surface area contributed by atoms with Crippen LogP contribution in [0.15, 0.2) is 36.4 Å². The normalized spacial score (nSPS) is 18.5. The number of carbonyl (C=O) groups is 2. The summed E-state index contributed by atoms with van der Waals surface area (Å²) in [5.41, 5.74) is -1.06. The number of amides is 1. The van der Waals surface area contributed by atoms with Crippen molar-refractivity contribution in [2.24, 2.45) is 0 Å². The van der Waals surface area contributed by atoms with E-state index in [-0.39, 0.29) is 11.1 Å². The van der Waals surface area contributed by atoms with Crippen molar-refractivity contribution in [2.75, 3.05) is 19.5 Å². The Morgan fingerprint density at radius 3 is 2.64 bits per heavy atom. The van der Waals surface area contributed by atoms with Gasteiger partial charge in [0.15, 0.2) is 11.4 Å². The van der Waals surface area contributed by atoms with Gasteiger partial charge in [-0.3, -0.25) is 9.59 Å². The average molecular weight is 362 g/mol. The molecular weight excluding hydrogens is 346 g/mol. The number of rotatable bonds is 5. The summed E-state index contributed by atoms with van der Waals surface area (Å²) in [7, 11) is 2.91. The number of fused-ring (bicyclic) bond motifs is 1. The van der Waals surface area contributed by atoms with Crippen LogP contribution in [0.4, 0.5) is 5.69 Å². The number of methoxy groups -OCH3 is 2. The molecular formula is C18H16ClNO5. The number of hydrogen-bond donors (Lipinski definition) is 2. The van der Waals surface area contributed by atoms with Crippen molar-refractivity contribution in [1.82, 2.24) is 0 Å². The van der Waals surface area contributed by atoms with Crippen molar-refractivity contribution in [3.05, 3.63) is 52.5 Å². The van der Waals surface area contributed by atoms with Crippen LogP contribution >= 0.6 is 11.6 Å². The molecule has 1 amide bonds. The Hall–Kier alpha value is -2.57. The lowest BCUT2D eigenvalue weighted by Crippen LogP contribution is -2.36. The van der Waals surface area contributed by atoms with Crippen LogP contribution in [0.5, 0.6) is 11.5 Å². The van der Waals surface area contributed by atoms with Crippen LogP contribution in [-0.2, 0) is 10.4 Å². The highest BCUT2D eigenvalue weighted by atomic mass is 35.5. The van der Waals surface area contributed by atoms with Gasteiger partial charge in [0.2, 0.25) is 0 Å². The van der Waals surface area contributed by atoms with Gasteiger partial charge in [-0.15, -0.1) is 0 Å². The quantitative estimate of drug-likeness (QED) is 0.800. The predicted molar refractivity (Wildman–Crippen MR) is 92.5 cm³/mol. The van der Waals surface area contributed by atoms with Gasteiger partial charge in [-0.2, -0.15) is 0 Å². The van der Waals surface area contributed by atoms with Gasteiger partial charge in [0, 0.05) is 16.3 Å². The van der Waals surface area contributed by atoms with E-state index in [4.69, 9.17) is 21.1 Å². The minimum absolute atomic E-state index is 0.221. The molecule has 0 radical (unpaired) electrons. The average Bonchev–Trinajstić information content (AvgIpc) is 2.85. The predicted octanol–water partition coefficient (Wildman–Crippen LogP) is 2.77. The van der Waals surface area contributed by atoms with Crippen LogP contribution < -0.4 is 14.8 Å². The standard InChI is InChI=1S/C18H16ClNO5/c1-24-11-4-6-16(25-2)12(8-11)15(21)9-18(23)13-7-10(19)3-5-14(13)20-17(18)22/h3-8,23H,9H2,1-2H3,(H,20,22). The lowest BCUT2D eigenvalue weighted by Gasteiger charge is -2.21. The Balaban J connectivity index is 1.99. The summed E-state index contributed by atoms with van der Waals surface area (Å²) in [6, 6.07) is 9.42. The molecule has 2 aromatic rings. The first-order chi connectivity index (χ1) is 11.9. The summed E-state index contributed by atoms with van der Waals surface area (Å²) < 4.78 is 10.3. The van der Waals surface area contributed by atoms with Crippen LogP contribution in [0.25, 0.3) is 0 Å². The second kappa shape index (κ2) is 6.38. The van der Waals surface area contributed by atoms with Crippen molar-refractivity contribution < 1.29 is 24.2 Å². The van der Waals surface area contributed by atoms with Crippen molar-refractivity contribution in [3.63, 3.8) is 0 Å². The third kappa shape index (κ3) is 2.94. The van der Waals surface area contributed by atoms with Crippen LogP contribution in [0.2, 0.25) is 5.02 Å². The Bertz CT molecular complexity index is 867. The molecule has 0 aliphatic carbocycles. The maximum atomic E-state index is 12.8. The fraction of sp³-hybridized carbons (Fsp3) is 0.222. The molecule has 1 atom stereocenters. The molecule has 6 nitrogen and oxygen atoms in total. The zero-order chi connectivity index (χ0) is 18.2. The number of aliphatic hydroxyl groups is 1. The molecule has 3 rings (SSSR count). The van der Waals surface area contributed by atoms with E-state index in [0.717, 1.165) is 0 Å². The van der Waals surface area contributed by atoms with E-state index >= 15 is 0 Å². The maximum Gasteiger partial charge on any atom is 0.261 e. The van der Waals surface area contributed by atoms with E-state index in [1.165, 1.54) is 26.4 Å². The van der Waals surface area contributed by atoms with Crippen molar-refractivity contribution in [1.29, 1.82) is 0 Å². The van der Waals surface area contributed by atoms with E-state index in [0.29, 0.717) is 22.2 Å². The SMILES string of the molecule is COc1ccc(OC)c(C(=O)CC2(O)C(=O)Nc3ccc(Cl)cc32)c1. The third-order valence-electron chi connectivity index (χ3n) is 4.17. The molecule has 2 aromatic carbocycles. The summed E-state index contributed by atoms with van der Waals surface area (Å²) in [6.07, 6.45) is -0.449. The van der Waals surface area contributed by atoms with Gasteiger partial charge in [-0.1, -0.05) is 11.6 Å². The number of ketones is 1. The molecule has 1 aliphatic heterocycles. The molecule has 25 heavy (non-hydrogen) atoms. The molecule has 7 heteroatoms. The second-order valence-electron chi connectivity index (χ2n) is 5.67. The summed E-state index contributed by atoms with van der Waals surface area (Å²) in [5, 5.41) is 13.8. The van der Waals surface area contributed by atoms with E-state index in [2.05, 4.69) is 5.32 Å². The zero-order valence-electron chi connectivity index (χ0n) is 13.6. The van der Waals surface area contributed by atoms with Gasteiger partial charge < -0.3 is 19.9 Å². The monoisotopic (exact) mass is 361 g/mol. The number of hydrogen-bond acceptors (Lipinski definition) is 5. The molecule has 1 heterocycles. The Labute approximate surface area is 149 Å². The van der Waals surface area contributed by atoms with E-state index in [1.807, 2.05) is 0 Å². The number of nitrogens with one attached hydrogen (secondary N) is 1. The number of benzene rings is 2. The highest BCUT2D eigenvalue weighted by Crippen LogP contribution is 2.41. The second-order valence-corrected chi connectivity index (χ2v) is 6.11. The number of carbonyl (C=O) groups excluding carboxylic acids is 2. The molecule has 0 spiro atoms. The van der Waals surface area contributed by atoms with Crippen LogP contribution in [0.1, 0.15) is 22.3 Å². The van der Waals surface area contributed by atoms with Crippen LogP contribution in [0.3, 0.4) is 0 Å². The van der Waals surface area contributed by atoms with E-state index in [9.17, 15) is 14.7 Å². The lowest BCUT2D eigenvalue weighted by atomic mass is 9.88. The molecule has 130 valence electrons. The first-order valence-electron chi connectivity index (χ1n) is 7.48. The topological polar surface area (TPSA) is 84.9 Å². The highest BCUT2D eigenvalue weighted by Gasteiger charge is 2.47. The van der Waals surface area contributed by atoms with Gasteiger partial charge in [0.05, 0.1) is 26.2 Å². The highest BCUT2D eigenvalue weighted by molar-refractivity contribution is 6.31.